The molecule has 0 saturated heterocycles. The van der Waals surface area contributed by atoms with Crippen molar-refractivity contribution in [3.05, 3.63) is 70.5 Å². The Balaban J connectivity index is 2.14. The Bertz CT molecular complexity index is 547. The fourth-order valence-electron chi connectivity index (χ4n) is 1.96. The number of hydrogen-bond acceptors (Lipinski definition) is 2. The van der Waals surface area contributed by atoms with Crippen molar-refractivity contribution >= 4 is 11.6 Å². The Kier molecular flexibility index (Phi) is 4.53. The van der Waals surface area contributed by atoms with Crippen LogP contribution in [0.1, 0.15) is 17.2 Å². The third-order valence-corrected chi connectivity index (χ3v) is 3.36. The summed E-state index contributed by atoms with van der Waals surface area (Å²) in [5.41, 5.74) is 7.35. The fraction of sp³-hybridized carbons (Fsp3) is 0.200. The van der Waals surface area contributed by atoms with Crippen molar-refractivity contribution in [1.29, 1.82) is 0 Å². The molecular weight excluding hydrogens is 265 g/mol. The van der Waals surface area contributed by atoms with Gasteiger partial charge in [-0.1, -0.05) is 41.9 Å². The minimum absolute atomic E-state index is 0.362. The second kappa shape index (κ2) is 6.15. The van der Waals surface area contributed by atoms with E-state index >= 15 is 0 Å². The summed E-state index contributed by atoms with van der Waals surface area (Å²) >= 11 is 5.98. The predicted octanol–water partition coefficient (Wildman–Crippen LogP) is 3.08. The Hall–Kier alpha value is -1.42. The van der Waals surface area contributed by atoms with Crippen LogP contribution in [-0.4, -0.2) is 11.2 Å². The first-order valence-corrected chi connectivity index (χ1v) is 6.38. The number of aliphatic hydroxyl groups is 1. The molecule has 0 saturated carbocycles. The van der Waals surface area contributed by atoms with Gasteiger partial charge in [0, 0.05) is 11.4 Å². The highest BCUT2D eigenvalue weighted by Gasteiger charge is 2.20. The van der Waals surface area contributed by atoms with Gasteiger partial charge in [0.15, 0.2) is 0 Å². The molecule has 2 atom stereocenters. The van der Waals surface area contributed by atoms with Crippen molar-refractivity contribution in [3.63, 3.8) is 0 Å². The van der Waals surface area contributed by atoms with Gasteiger partial charge in [-0.3, -0.25) is 0 Å². The zero-order valence-electron chi connectivity index (χ0n) is 10.3. The van der Waals surface area contributed by atoms with E-state index in [2.05, 4.69) is 0 Å². The lowest BCUT2D eigenvalue weighted by atomic mass is 9.97. The standard InChI is InChI=1S/C15H15ClFNO/c16-13-7-6-11(17)9-12(13)15(18)14(19)8-10-4-2-1-3-5-10/h1-7,9,14-15,19H,8,18H2/t14-,15+/m1/s1. The van der Waals surface area contributed by atoms with Crippen LogP contribution < -0.4 is 5.73 Å². The molecule has 0 aliphatic carbocycles. The van der Waals surface area contributed by atoms with Gasteiger partial charge in [0.2, 0.25) is 0 Å². The molecule has 0 aliphatic rings. The van der Waals surface area contributed by atoms with Crippen molar-refractivity contribution in [2.75, 3.05) is 0 Å². The number of benzene rings is 2. The molecule has 0 heterocycles. The maximum Gasteiger partial charge on any atom is 0.123 e. The number of hydrogen-bond donors (Lipinski definition) is 2. The number of nitrogens with two attached hydrogens (primary N) is 1. The van der Waals surface area contributed by atoms with Gasteiger partial charge >= 0.3 is 0 Å². The highest BCUT2D eigenvalue weighted by atomic mass is 35.5. The van der Waals surface area contributed by atoms with E-state index in [1.54, 1.807) is 0 Å². The molecule has 2 aromatic rings. The first-order chi connectivity index (χ1) is 9.08. The lowest BCUT2D eigenvalue weighted by molar-refractivity contribution is 0.145. The van der Waals surface area contributed by atoms with Crippen LogP contribution in [0.2, 0.25) is 5.02 Å². The molecule has 3 N–H and O–H groups in total. The van der Waals surface area contributed by atoms with Gasteiger partial charge in [-0.2, -0.15) is 0 Å². The maximum atomic E-state index is 13.2. The average Bonchev–Trinajstić information content (AvgIpc) is 2.42. The van der Waals surface area contributed by atoms with E-state index in [4.69, 9.17) is 17.3 Å². The lowest BCUT2D eigenvalue weighted by Crippen LogP contribution is -2.28. The zero-order valence-corrected chi connectivity index (χ0v) is 11.0. The zero-order chi connectivity index (χ0) is 13.8. The van der Waals surface area contributed by atoms with Crippen molar-refractivity contribution < 1.29 is 9.50 Å². The third-order valence-electron chi connectivity index (χ3n) is 3.02. The molecule has 0 amide bonds. The van der Waals surface area contributed by atoms with Gasteiger partial charge in [0.05, 0.1) is 12.1 Å². The summed E-state index contributed by atoms with van der Waals surface area (Å²) in [4.78, 5) is 0. The summed E-state index contributed by atoms with van der Waals surface area (Å²) in [7, 11) is 0. The highest BCUT2D eigenvalue weighted by molar-refractivity contribution is 6.31. The van der Waals surface area contributed by atoms with Crippen LogP contribution in [0.15, 0.2) is 48.5 Å². The quantitative estimate of drug-likeness (QED) is 0.903. The van der Waals surface area contributed by atoms with E-state index in [-0.39, 0.29) is 0 Å². The molecule has 0 fully saturated rings. The van der Waals surface area contributed by atoms with Gasteiger partial charge in [-0.15, -0.1) is 0 Å². The predicted molar refractivity (Wildman–Crippen MR) is 74.5 cm³/mol. The monoisotopic (exact) mass is 279 g/mol. The van der Waals surface area contributed by atoms with E-state index < -0.39 is 18.0 Å². The van der Waals surface area contributed by atoms with Crippen LogP contribution in [-0.2, 0) is 6.42 Å². The van der Waals surface area contributed by atoms with Crippen LogP contribution in [0, 0.1) is 5.82 Å². The SMILES string of the molecule is N[C@@H](c1cc(F)ccc1Cl)[C@H](O)Cc1ccccc1. The van der Waals surface area contributed by atoms with Gasteiger partial charge in [-0.25, -0.2) is 4.39 Å². The van der Waals surface area contributed by atoms with Gasteiger partial charge in [0.25, 0.3) is 0 Å². The van der Waals surface area contributed by atoms with E-state index in [1.165, 1.54) is 18.2 Å². The van der Waals surface area contributed by atoms with Crippen molar-refractivity contribution in [3.8, 4) is 0 Å². The molecule has 19 heavy (non-hydrogen) atoms. The molecule has 0 spiro atoms. The van der Waals surface area contributed by atoms with Crippen LogP contribution >= 0.6 is 11.6 Å². The van der Waals surface area contributed by atoms with Gasteiger partial charge < -0.3 is 10.8 Å². The molecule has 0 aliphatic heterocycles. The molecule has 100 valence electrons. The van der Waals surface area contributed by atoms with E-state index in [1.807, 2.05) is 30.3 Å². The van der Waals surface area contributed by atoms with E-state index in [0.29, 0.717) is 17.0 Å². The second-order valence-electron chi connectivity index (χ2n) is 4.45. The summed E-state index contributed by atoms with van der Waals surface area (Å²) in [6, 6.07) is 12.8. The Morgan fingerprint density at radius 1 is 1.16 bits per heavy atom. The summed E-state index contributed by atoms with van der Waals surface area (Å²) in [5, 5.41) is 10.5. The number of halogens is 2. The summed E-state index contributed by atoms with van der Waals surface area (Å²) in [5.74, 6) is -0.415. The molecule has 0 radical (unpaired) electrons. The topological polar surface area (TPSA) is 46.2 Å². The Morgan fingerprint density at radius 2 is 1.84 bits per heavy atom. The number of aliphatic hydroxyl groups excluding tert-OH is 1. The molecule has 4 heteroatoms. The second-order valence-corrected chi connectivity index (χ2v) is 4.86. The molecule has 0 unspecified atom stereocenters. The Labute approximate surface area is 116 Å². The van der Waals surface area contributed by atoms with Gasteiger partial charge in [0.1, 0.15) is 5.82 Å². The minimum Gasteiger partial charge on any atom is -0.391 e. The van der Waals surface area contributed by atoms with Crippen molar-refractivity contribution in [2.45, 2.75) is 18.6 Å². The first kappa shape index (κ1) is 14.0. The molecule has 2 nitrogen and oxygen atoms in total. The molecule has 2 aromatic carbocycles. The van der Waals surface area contributed by atoms with Gasteiger partial charge in [-0.05, 0) is 29.3 Å². The molecule has 2 rings (SSSR count). The largest absolute Gasteiger partial charge is 0.391 e. The average molecular weight is 280 g/mol. The van der Waals surface area contributed by atoms with Crippen LogP contribution in [0.5, 0.6) is 0 Å². The van der Waals surface area contributed by atoms with Crippen LogP contribution in [0.25, 0.3) is 0 Å². The normalized spacial score (nSPS) is 14.1. The molecule has 0 bridgehead atoms. The Morgan fingerprint density at radius 3 is 2.53 bits per heavy atom. The van der Waals surface area contributed by atoms with Crippen LogP contribution in [0.4, 0.5) is 4.39 Å². The van der Waals surface area contributed by atoms with Crippen molar-refractivity contribution in [1.82, 2.24) is 0 Å². The smallest absolute Gasteiger partial charge is 0.123 e. The molecule has 0 aromatic heterocycles. The third kappa shape index (κ3) is 3.53. The summed E-state index contributed by atoms with van der Waals surface area (Å²) < 4.78 is 13.2. The van der Waals surface area contributed by atoms with Crippen molar-refractivity contribution in [2.24, 2.45) is 5.73 Å². The first-order valence-electron chi connectivity index (χ1n) is 6.00. The van der Waals surface area contributed by atoms with E-state index in [0.717, 1.165) is 5.56 Å². The molecular formula is C15H15ClFNO. The minimum atomic E-state index is -0.818. The highest BCUT2D eigenvalue weighted by Crippen LogP contribution is 2.25. The number of rotatable bonds is 4. The summed E-state index contributed by atoms with van der Waals surface area (Å²) in [6.45, 7) is 0. The lowest BCUT2D eigenvalue weighted by Gasteiger charge is -2.20. The maximum absolute atomic E-state index is 13.2. The van der Waals surface area contributed by atoms with Crippen LogP contribution in [0.3, 0.4) is 0 Å². The summed E-state index contributed by atoms with van der Waals surface area (Å²) in [6.07, 6.45) is -0.420. The fourth-order valence-corrected chi connectivity index (χ4v) is 2.20. The van der Waals surface area contributed by atoms with E-state index in [9.17, 15) is 9.50 Å².